The molecule has 1 aromatic rings. The first-order valence-electron chi connectivity index (χ1n) is 4.03. The van der Waals surface area contributed by atoms with Crippen LogP contribution < -0.4 is 10.2 Å². The van der Waals surface area contributed by atoms with Gasteiger partial charge in [0.1, 0.15) is 5.82 Å². The maximum atomic E-state index is 11.3. The molecule has 0 spiro atoms. The Hall–Kier alpha value is -1.84. The standard InChI is InChI=1S/C9H9N3O/c13-9-11-6-3-7-12(9)8-4-1-2-5-10-8/h1-5,7H,6H2,(H,11,13). The van der Waals surface area contributed by atoms with E-state index in [2.05, 4.69) is 10.3 Å². The fourth-order valence-electron chi connectivity index (χ4n) is 1.13. The Kier molecular flexibility index (Phi) is 1.96. The van der Waals surface area contributed by atoms with Gasteiger partial charge in [0.25, 0.3) is 0 Å². The summed E-state index contributed by atoms with van der Waals surface area (Å²) in [6, 6.07) is 5.31. The summed E-state index contributed by atoms with van der Waals surface area (Å²) in [5.74, 6) is 0.635. The summed E-state index contributed by atoms with van der Waals surface area (Å²) in [7, 11) is 0. The molecule has 1 aliphatic heterocycles. The second-order valence-electron chi connectivity index (χ2n) is 2.63. The summed E-state index contributed by atoms with van der Waals surface area (Å²) >= 11 is 0. The molecule has 0 fully saturated rings. The molecule has 66 valence electrons. The van der Waals surface area contributed by atoms with E-state index in [0.717, 1.165) is 0 Å². The highest BCUT2D eigenvalue weighted by Crippen LogP contribution is 2.11. The first-order chi connectivity index (χ1) is 6.38. The van der Waals surface area contributed by atoms with Crippen molar-refractivity contribution < 1.29 is 4.79 Å². The molecule has 2 heterocycles. The third kappa shape index (κ3) is 1.51. The highest BCUT2D eigenvalue weighted by molar-refractivity contribution is 5.93. The van der Waals surface area contributed by atoms with Crippen LogP contribution in [0.3, 0.4) is 0 Å². The number of hydrogen-bond donors (Lipinski definition) is 1. The Morgan fingerprint density at radius 2 is 2.38 bits per heavy atom. The van der Waals surface area contributed by atoms with Gasteiger partial charge in [-0.2, -0.15) is 0 Å². The van der Waals surface area contributed by atoms with E-state index in [4.69, 9.17) is 0 Å². The van der Waals surface area contributed by atoms with Gasteiger partial charge in [-0.05, 0) is 18.2 Å². The molecular formula is C9H9N3O. The molecule has 1 aromatic heterocycles. The zero-order chi connectivity index (χ0) is 9.10. The Bertz CT molecular complexity index is 334. The predicted molar refractivity (Wildman–Crippen MR) is 49.3 cm³/mol. The number of pyridine rings is 1. The molecule has 0 saturated carbocycles. The lowest BCUT2D eigenvalue weighted by Crippen LogP contribution is -2.40. The van der Waals surface area contributed by atoms with Gasteiger partial charge < -0.3 is 5.32 Å². The van der Waals surface area contributed by atoms with Gasteiger partial charge in [-0.3, -0.25) is 4.90 Å². The molecule has 0 radical (unpaired) electrons. The van der Waals surface area contributed by atoms with Crippen LogP contribution in [-0.4, -0.2) is 17.6 Å². The van der Waals surface area contributed by atoms with E-state index in [1.54, 1.807) is 18.5 Å². The van der Waals surface area contributed by atoms with Crippen molar-refractivity contribution >= 4 is 11.8 Å². The number of carbonyl (C=O) groups excluding carboxylic acids is 1. The van der Waals surface area contributed by atoms with Crippen LogP contribution in [0.25, 0.3) is 0 Å². The van der Waals surface area contributed by atoms with E-state index in [1.807, 2.05) is 18.2 Å². The number of carbonyl (C=O) groups is 1. The molecule has 0 aromatic carbocycles. The molecule has 1 N–H and O–H groups in total. The van der Waals surface area contributed by atoms with Crippen LogP contribution in [0, 0.1) is 0 Å². The van der Waals surface area contributed by atoms with Gasteiger partial charge in [-0.15, -0.1) is 0 Å². The van der Waals surface area contributed by atoms with Gasteiger partial charge >= 0.3 is 6.03 Å². The molecule has 2 amide bonds. The number of nitrogens with one attached hydrogen (secondary N) is 1. The Balaban J connectivity index is 2.30. The van der Waals surface area contributed by atoms with Crippen LogP contribution in [0.15, 0.2) is 36.7 Å². The number of anilines is 1. The number of nitrogens with zero attached hydrogens (tertiary/aromatic N) is 2. The molecule has 4 heteroatoms. The minimum atomic E-state index is -0.138. The lowest BCUT2D eigenvalue weighted by atomic mass is 10.4. The molecule has 2 rings (SSSR count). The third-order valence-electron chi connectivity index (χ3n) is 1.74. The zero-order valence-corrected chi connectivity index (χ0v) is 6.97. The van der Waals surface area contributed by atoms with Gasteiger partial charge in [0, 0.05) is 18.9 Å². The minimum absolute atomic E-state index is 0.138. The van der Waals surface area contributed by atoms with Crippen molar-refractivity contribution in [1.29, 1.82) is 0 Å². The normalized spacial score (nSPS) is 15.7. The lowest BCUT2D eigenvalue weighted by Gasteiger charge is -2.20. The smallest absolute Gasteiger partial charge is 0.327 e. The maximum absolute atomic E-state index is 11.3. The van der Waals surface area contributed by atoms with Crippen molar-refractivity contribution in [2.45, 2.75) is 0 Å². The fraction of sp³-hybridized carbons (Fsp3) is 0.111. The van der Waals surface area contributed by atoms with Gasteiger partial charge in [-0.25, -0.2) is 9.78 Å². The molecule has 0 aliphatic carbocycles. The predicted octanol–water partition coefficient (Wildman–Crippen LogP) is 1.12. The molecular weight excluding hydrogens is 166 g/mol. The summed E-state index contributed by atoms with van der Waals surface area (Å²) in [4.78, 5) is 16.9. The van der Waals surface area contributed by atoms with Gasteiger partial charge in [0.2, 0.25) is 0 Å². The summed E-state index contributed by atoms with van der Waals surface area (Å²) in [6.45, 7) is 0.585. The molecule has 0 bridgehead atoms. The van der Waals surface area contributed by atoms with E-state index < -0.39 is 0 Å². The van der Waals surface area contributed by atoms with Crippen molar-refractivity contribution in [3.05, 3.63) is 36.7 Å². The van der Waals surface area contributed by atoms with Crippen molar-refractivity contribution in [3.63, 3.8) is 0 Å². The molecule has 0 unspecified atom stereocenters. The number of amides is 2. The number of aromatic nitrogens is 1. The van der Waals surface area contributed by atoms with Crippen LogP contribution in [0.4, 0.5) is 10.6 Å². The Labute approximate surface area is 75.9 Å². The van der Waals surface area contributed by atoms with Gasteiger partial charge in [0.15, 0.2) is 0 Å². The molecule has 13 heavy (non-hydrogen) atoms. The monoisotopic (exact) mass is 175 g/mol. The largest absolute Gasteiger partial charge is 0.334 e. The topological polar surface area (TPSA) is 45.2 Å². The molecule has 1 aliphatic rings. The van der Waals surface area contributed by atoms with Crippen molar-refractivity contribution in [3.8, 4) is 0 Å². The summed E-state index contributed by atoms with van der Waals surface area (Å²) in [5, 5.41) is 2.69. The second-order valence-corrected chi connectivity index (χ2v) is 2.63. The molecule has 0 saturated heterocycles. The van der Waals surface area contributed by atoms with Gasteiger partial charge in [-0.1, -0.05) is 6.07 Å². The van der Waals surface area contributed by atoms with E-state index in [-0.39, 0.29) is 6.03 Å². The van der Waals surface area contributed by atoms with E-state index in [9.17, 15) is 4.79 Å². The average molecular weight is 175 g/mol. The molecule has 4 nitrogen and oxygen atoms in total. The first kappa shape index (κ1) is 7.79. The first-order valence-corrected chi connectivity index (χ1v) is 4.03. The second kappa shape index (κ2) is 3.26. The van der Waals surface area contributed by atoms with Crippen LogP contribution in [0.2, 0.25) is 0 Å². The summed E-state index contributed by atoms with van der Waals surface area (Å²) in [6.07, 6.45) is 5.25. The summed E-state index contributed by atoms with van der Waals surface area (Å²) in [5.41, 5.74) is 0. The third-order valence-corrected chi connectivity index (χ3v) is 1.74. The van der Waals surface area contributed by atoms with Crippen LogP contribution >= 0.6 is 0 Å². The highest BCUT2D eigenvalue weighted by Gasteiger charge is 2.15. The Morgan fingerprint density at radius 3 is 3.08 bits per heavy atom. The number of rotatable bonds is 1. The quantitative estimate of drug-likeness (QED) is 0.695. The maximum Gasteiger partial charge on any atom is 0.327 e. The number of urea groups is 1. The number of hydrogen-bond acceptors (Lipinski definition) is 2. The van der Waals surface area contributed by atoms with Crippen molar-refractivity contribution in [2.24, 2.45) is 0 Å². The molecule has 0 atom stereocenters. The van der Waals surface area contributed by atoms with Crippen molar-refractivity contribution in [1.82, 2.24) is 10.3 Å². The van der Waals surface area contributed by atoms with Crippen LogP contribution in [-0.2, 0) is 0 Å². The van der Waals surface area contributed by atoms with E-state index >= 15 is 0 Å². The van der Waals surface area contributed by atoms with E-state index in [1.165, 1.54) is 4.90 Å². The average Bonchev–Trinajstić information content (AvgIpc) is 2.20. The van der Waals surface area contributed by atoms with Gasteiger partial charge in [0.05, 0.1) is 0 Å². The van der Waals surface area contributed by atoms with Crippen LogP contribution in [0.5, 0.6) is 0 Å². The van der Waals surface area contributed by atoms with E-state index in [0.29, 0.717) is 12.4 Å². The summed E-state index contributed by atoms with van der Waals surface area (Å²) < 4.78 is 0. The lowest BCUT2D eigenvalue weighted by molar-refractivity contribution is 0.248. The zero-order valence-electron chi connectivity index (χ0n) is 6.97. The minimum Gasteiger partial charge on any atom is -0.334 e. The Morgan fingerprint density at radius 1 is 1.46 bits per heavy atom. The highest BCUT2D eigenvalue weighted by atomic mass is 16.2. The fourth-order valence-corrected chi connectivity index (χ4v) is 1.13. The van der Waals surface area contributed by atoms with Crippen molar-refractivity contribution in [2.75, 3.05) is 11.4 Å². The SMILES string of the molecule is O=C1NCC=CN1c1ccccn1. The van der Waals surface area contributed by atoms with Crippen LogP contribution in [0.1, 0.15) is 0 Å².